The van der Waals surface area contributed by atoms with E-state index in [2.05, 4.69) is 24.1 Å². The molecule has 6 nitrogen and oxygen atoms in total. The minimum Gasteiger partial charge on any atom is -0.497 e. The van der Waals surface area contributed by atoms with Crippen LogP contribution in [0.4, 0.5) is 17.3 Å². The van der Waals surface area contributed by atoms with E-state index in [0.29, 0.717) is 17.4 Å². The van der Waals surface area contributed by atoms with Gasteiger partial charge < -0.3 is 19.7 Å². The molecule has 3 aromatic rings. The molecule has 3 rings (SSSR count). The fourth-order valence-corrected chi connectivity index (χ4v) is 2.97. The minimum atomic E-state index is 0.675. The normalized spacial score (nSPS) is 10.4. The number of hydrogen-bond acceptors (Lipinski definition) is 6. The third-order valence-electron chi connectivity index (χ3n) is 4.50. The van der Waals surface area contributed by atoms with Gasteiger partial charge in [0, 0.05) is 30.8 Å². The van der Waals surface area contributed by atoms with E-state index in [1.54, 1.807) is 14.2 Å². The van der Waals surface area contributed by atoms with Crippen molar-refractivity contribution in [1.82, 2.24) is 9.97 Å². The fraction of sp³-hybridized carbons (Fsp3) is 0.273. The predicted octanol–water partition coefficient (Wildman–Crippen LogP) is 4.75. The fourth-order valence-electron chi connectivity index (χ4n) is 2.97. The van der Waals surface area contributed by atoms with Crippen molar-refractivity contribution in [1.29, 1.82) is 0 Å². The summed E-state index contributed by atoms with van der Waals surface area (Å²) in [5.41, 5.74) is 1.75. The van der Waals surface area contributed by atoms with Crippen molar-refractivity contribution in [2.45, 2.75) is 13.8 Å². The number of aromatic nitrogens is 2. The van der Waals surface area contributed by atoms with Gasteiger partial charge in [-0.3, -0.25) is 0 Å². The SMILES string of the molecule is CCN(CC)c1cc(Nc2cc(OC)ccc2OC)nc(-c2ccccc2)n1. The van der Waals surface area contributed by atoms with Crippen molar-refractivity contribution in [3.05, 3.63) is 54.6 Å². The zero-order valence-electron chi connectivity index (χ0n) is 16.8. The van der Waals surface area contributed by atoms with Gasteiger partial charge in [-0.1, -0.05) is 30.3 Å². The van der Waals surface area contributed by atoms with Crippen LogP contribution in [0.3, 0.4) is 0 Å². The lowest BCUT2D eigenvalue weighted by atomic mass is 10.2. The molecule has 0 aliphatic rings. The van der Waals surface area contributed by atoms with Gasteiger partial charge in [0.05, 0.1) is 19.9 Å². The highest BCUT2D eigenvalue weighted by Crippen LogP contribution is 2.32. The number of nitrogens with zero attached hydrogens (tertiary/aromatic N) is 3. The molecule has 28 heavy (non-hydrogen) atoms. The molecule has 0 amide bonds. The number of nitrogens with one attached hydrogen (secondary N) is 1. The summed E-state index contributed by atoms with van der Waals surface area (Å²) in [5, 5.41) is 3.37. The Kier molecular flexibility index (Phi) is 6.32. The van der Waals surface area contributed by atoms with Crippen LogP contribution in [0.2, 0.25) is 0 Å². The summed E-state index contributed by atoms with van der Waals surface area (Å²) in [4.78, 5) is 11.7. The van der Waals surface area contributed by atoms with E-state index in [1.165, 1.54) is 0 Å². The van der Waals surface area contributed by atoms with Gasteiger partial charge in [0.15, 0.2) is 5.82 Å². The molecule has 0 bridgehead atoms. The van der Waals surface area contributed by atoms with Crippen LogP contribution in [-0.4, -0.2) is 37.3 Å². The van der Waals surface area contributed by atoms with E-state index in [-0.39, 0.29) is 0 Å². The van der Waals surface area contributed by atoms with E-state index in [9.17, 15) is 0 Å². The summed E-state index contributed by atoms with van der Waals surface area (Å²) in [6.07, 6.45) is 0. The van der Waals surface area contributed by atoms with Crippen molar-refractivity contribution < 1.29 is 9.47 Å². The lowest BCUT2D eigenvalue weighted by Gasteiger charge is -2.21. The lowest BCUT2D eigenvalue weighted by Crippen LogP contribution is -2.23. The highest BCUT2D eigenvalue weighted by Gasteiger charge is 2.13. The van der Waals surface area contributed by atoms with Crippen LogP contribution in [0.5, 0.6) is 11.5 Å². The van der Waals surface area contributed by atoms with E-state index >= 15 is 0 Å². The molecule has 0 saturated heterocycles. The number of hydrogen-bond donors (Lipinski definition) is 1. The van der Waals surface area contributed by atoms with Crippen LogP contribution < -0.4 is 19.7 Å². The maximum atomic E-state index is 5.48. The van der Waals surface area contributed by atoms with E-state index < -0.39 is 0 Å². The van der Waals surface area contributed by atoms with Crippen LogP contribution >= 0.6 is 0 Å². The van der Waals surface area contributed by atoms with Crippen LogP contribution in [0.25, 0.3) is 11.4 Å². The average Bonchev–Trinajstić information content (AvgIpc) is 2.75. The molecule has 2 aromatic carbocycles. The first-order valence-electron chi connectivity index (χ1n) is 9.37. The molecule has 0 aliphatic carbocycles. The zero-order valence-corrected chi connectivity index (χ0v) is 16.8. The van der Waals surface area contributed by atoms with Crippen LogP contribution in [0, 0.1) is 0 Å². The van der Waals surface area contributed by atoms with Gasteiger partial charge in [0.1, 0.15) is 23.1 Å². The summed E-state index contributed by atoms with van der Waals surface area (Å²) in [6, 6.07) is 17.6. The lowest BCUT2D eigenvalue weighted by molar-refractivity contribution is 0.405. The summed E-state index contributed by atoms with van der Waals surface area (Å²) in [6.45, 7) is 5.96. The molecule has 0 fully saturated rings. The first-order chi connectivity index (χ1) is 13.7. The Morgan fingerprint density at radius 3 is 2.29 bits per heavy atom. The topological polar surface area (TPSA) is 59.5 Å². The van der Waals surface area contributed by atoms with Crippen molar-refractivity contribution in [2.24, 2.45) is 0 Å². The Hall–Kier alpha value is -3.28. The van der Waals surface area contributed by atoms with Crippen molar-refractivity contribution in [2.75, 3.05) is 37.5 Å². The molecular formula is C22H26N4O2. The average molecular weight is 378 g/mol. The molecule has 0 spiro atoms. The first-order valence-corrected chi connectivity index (χ1v) is 9.37. The quantitative estimate of drug-likeness (QED) is 0.610. The highest BCUT2D eigenvalue weighted by atomic mass is 16.5. The van der Waals surface area contributed by atoms with Crippen LogP contribution in [0.1, 0.15) is 13.8 Å². The second-order valence-electron chi connectivity index (χ2n) is 6.16. The Bertz CT molecular complexity index is 912. The Morgan fingerprint density at radius 2 is 1.64 bits per heavy atom. The number of ether oxygens (including phenoxy) is 2. The van der Waals surface area contributed by atoms with Gasteiger partial charge in [0.2, 0.25) is 0 Å². The maximum Gasteiger partial charge on any atom is 0.163 e. The molecule has 6 heteroatoms. The zero-order chi connectivity index (χ0) is 19.9. The second kappa shape index (κ2) is 9.08. The smallest absolute Gasteiger partial charge is 0.163 e. The molecule has 1 heterocycles. The number of methoxy groups -OCH3 is 2. The summed E-state index contributed by atoms with van der Waals surface area (Å²) < 4.78 is 10.8. The Morgan fingerprint density at radius 1 is 0.893 bits per heavy atom. The maximum absolute atomic E-state index is 5.48. The predicted molar refractivity (Wildman–Crippen MR) is 114 cm³/mol. The summed E-state index contributed by atoms with van der Waals surface area (Å²) in [7, 11) is 3.28. The number of anilines is 3. The van der Waals surface area contributed by atoms with Gasteiger partial charge in [-0.25, -0.2) is 9.97 Å². The number of benzene rings is 2. The molecule has 1 aromatic heterocycles. The molecule has 0 unspecified atom stereocenters. The van der Waals surface area contributed by atoms with Gasteiger partial charge in [-0.15, -0.1) is 0 Å². The molecular weight excluding hydrogens is 352 g/mol. The van der Waals surface area contributed by atoms with E-state index in [0.717, 1.165) is 35.9 Å². The largest absolute Gasteiger partial charge is 0.497 e. The highest BCUT2D eigenvalue weighted by molar-refractivity contribution is 5.70. The Balaban J connectivity index is 2.06. The molecule has 1 N–H and O–H groups in total. The standard InChI is InChI=1S/C22H26N4O2/c1-5-26(6-2)21-15-20(24-22(25-21)16-10-8-7-9-11-16)23-18-14-17(27-3)12-13-19(18)28-4/h7-15H,5-6H2,1-4H3,(H,23,24,25). The van der Waals surface area contributed by atoms with Crippen LogP contribution in [0.15, 0.2) is 54.6 Å². The van der Waals surface area contributed by atoms with Gasteiger partial charge in [-0.05, 0) is 26.0 Å². The third kappa shape index (κ3) is 4.34. The molecule has 146 valence electrons. The summed E-state index contributed by atoms with van der Waals surface area (Å²) in [5.74, 6) is 3.70. The van der Waals surface area contributed by atoms with Gasteiger partial charge >= 0.3 is 0 Å². The van der Waals surface area contributed by atoms with Crippen molar-refractivity contribution >= 4 is 17.3 Å². The Labute approximate surface area is 166 Å². The third-order valence-corrected chi connectivity index (χ3v) is 4.50. The molecule has 0 aliphatic heterocycles. The van der Waals surface area contributed by atoms with Crippen LogP contribution in [-0.2, 0) is 0 Å². The monoisotopic (exact) mass is 378 g/mol. The molecule has 0 saturated carbocycles. The second-order valence-corrected chi connectivity index (χ2v) is 6.16. The first kappa shape index (κ1) is 19.5. The minimum absolute atomic E-state index is 0.675. The summed E-state index contributed by atoms with van der Waals surface area (Å²) >= 11 is 0. The molecule has 0 atom stereocenters. The van der Waals surface area contributed by atoms with Gasteiger partial charge in [-0.2, -0.15) is 0 Å². The molecule has 0 radical (unpaired) electrons. The number of rotatable bonds is 8. The van der Waals surface area contributed by atoms with E-state index in [4.69, 9.17) is 19.4 Å². The van der Waals surface area contributed by atoms with Gasteiger partial charge in [0.25, 0.3) is 0 Å². The van der Waals surface area contributed by atoms with Crippen molar-refractivity contribution in [3.8, 4) is 22.9 Å². The van der Waals surface area contributed by atoms with E-state index in [1.807, 2.05) is 54.6 Å². The van der Waals surface area contributed by atoms with Crippen molar-refractivity contribution in [3.63, 3.8) is 0 Å².